The van der Waals surface area contributed by atoms with Crippen LogP contribution in [0.15, 0.2) is 36.4 Å². The SMILES string of the molecule is COc1ccc(CCc2cc(O)cc(CO)c2)cc1O. The van der Waals surface area contributed by atoms with Crippen molar-refractivity contribution in [3.8, 4) is 17.2 Å². The molecule has 0 amide bonds. The molecule has 0 aliphatic rings. The summed E-state index contributed by atoms with van der Waals surface area (Å²) in [5.41, 5.74) is 2.62. The Balaban J connectivity index is 2.08. The minimum absolute atomic E-state index is 0.0925. The van der Waals surface area contributed by atoms with E-state index in [2.05, 4.69) is 0 Å². The molecule has 3 N–H and O–H groups in total. The fourth-order valence-corrected chi connectivity index (χ4v) is 2.16. The van der Waals surface area contributed by atoms with Gasteiger partial charge in [0.15, 0.2) is 11.5 Å². The molecule has 0 fully saturated rings. The van der Waals surface area contributed by atoms with E-state index in [1.165, 1.54) is 7.11 Å². The van der Waals surface area contributed by atoms with Crippen molar-refractivity contribution in [3.63, 3.8) is 0 Å². The third-order valence-electron chi connectivity index (χ3n) is 3.17. The van der Waals surface area contributed by atoms with Crippen LogP contribution in [0.25, 0.3) is 0 Å². The zero-order valence-corrected chi connectivity index (χ0v) is 11.3. The van der Waals surface area contributed by atoms with Crippen LogP contribution in [0.4, 0.5) is 0 Å². The Morgan fingerprint density at radius 2 is 1.60 bits per heavy atom. The van der Waals surface area contributed by atoms with Gasteiger partial charge in [-0.05, 0) is 53.8 Å². The monoisotopic (exact) mass is 274 g/mol. The molecular weight excluding hydrogens is 256 g/mol. The van der Waals surface area contributed by atoms with Gasteiger partial charge in [-0.25, -0.2) is 0 Å². The maximum absolute atomic E-state index is 9.72. The Labute approximate surface area is 117 Å². The average Bonchev–Trinajstić information content (AvgIpc) is 2.44. The van der Waals surface area contributed by atoms with Crippen molar-refractivity contribution in [2.75, 3.05) is 7.11 Å². The number of phenolic OH excluding ortho intramolecular Hbond substituents is 2. The normalized spacial score (nSPS) is 10.5. The fourth-order valence-electron chi connectivity index (χ4n) is 2.16. The van der Waals surface area contributed by atoms with Crippen molar-refractivity contribution in [2.45, 2.75) is 19.4 Å². The second-order valence-electron chi connectivity index (χ2n) is 4.67. The van der Waals surface area contributed by atoms with Gasteiger partial charge in [0.05, 0.1) is 13.7 Å². The molecule has 0 aliphatic carbocycles. The number of methoxy groups -OCH3 is 1. The van der Waals surface area contributed by atoms with Crippen LogP contribution in [-0.4, -0.2) is 22.4 Å². The molecule has 0 heterocycles. The van der Waals surface area contributed by atoms with Crippen molar-refractivity contribution in [1.29, 1.82) is 0 Å². The van der Waals surface area contributed by atoms with Crippen LogP contribution >= 0.6 is 0 Å². The lowest BCUT2D eigenvalue weighted by molar-refractivity contribution is 0.281. The molecule has 2 aromatic rings. The molecule has 0 saturated heterocycles. The number of aryl methyl sites for hydroxylation is 2. The number of benzene rings is 2. The van der Waals surface area contributed by atoms with Crippen LogP contribution in [-0.2, 0) is 19.4 Å². The fraction of sp³-hybridized carbons (Fsp3) is 0.250. The van der Waals surface area contributed by atoms with Gasteiger partial charge in [-0.2, -0.15) is 0 Å². The Bertz CT molecular complexity index is 593. The quantitative estimate of drug-likeness (QED) is 0.783. The number of ether oxygens (including phenoxy) is 1. The Hall–Kier alpha value is -2.20. The lowest BCUT2D eigenvalue weighted by Gasteiger charge is -2.08. The molecule has 4 heteroatoms. The minimum atomic E-state index is -0.0925. The maximum atomic E-state index is 9.72. The van der Waals surface area contributed by atoms with Gasteiger partial charge >= 0.3 is 0 Å². The second kappa shape index (κ2) is 6.30. The first-order valence-electron chi connectivity index (χ1n) is 6.41. The molecule has 0 atom stereocenters. The second-order valence-corrected chi connectivity index (χ2v) is 4.67. The van der Waals surface area contributed by atoms with Gasteiger partial charge in [-0.1, -0.05) is 12.1 Å². The maximum Gasteiger partial charge on any atom is 0.160 e. The van der Waals surface area contributed by atoms with E-state index in [-0.39, 0.29) is 18.1 Å². The highest BCUT2D eigenvalue weighted by Crippen LogP contribution is 2.27. The molecule has 2 rings (SSSR count). The topological polar surface area (TPSA) is 69.9 Å². The number of phenols is 2. The van der Waals surface area contributed by atoms with Crippen LogP contribution in [0.5, 0.6) is 17.2 Å². The lowest BCUT2D eigenvalue weighted by atomic mass is 10.0. The summed E-state index contributed by atoms with van der Waals surface area (Å²) in [7, 11) is 1.51. The number of hydrogen-bond acceptors (Lipinski definition) is 4. The predicted molar refractivity (Wildman–Crippen MR) is 76.1 cm³/mol. The summed E-state index contributed by atoms with van der Waals surface area (Å²) in [6, 6.07) is 10.4. The molecule has 0 radical (unpaired) electrons. The number of hydrogen-bond donors (Lipinski definition) is 3. The van der Waals surface area contributed by atoms with E-state index in [9.17, 15) is 10.2 Å². The zero-order chi connectivity index (χ0) is 14.5. The van der Waals surface area contributed by atoms with Gasteiger partial charge in [-0.15, -0.1) is 0 Å². The minimum Gasteiger partial charge on any atom is -0.508 e. The average molecular weight is 274 g/mol. The zero-order valence-electron chi connectivity index (χ0n) is 11.3. The first-order chi connectivity index (χ1) is 9.62. The summed E-state index contributed by atoms with van der Waals surface area (Å²) >= 11 is 0. The van der Waals surface area contributed by atoms with Gasteiger partial charge < -0.3 is 20.1 Å². The van der Waals surface area contributed by atoms with Crippen molar-refractivity contribution in [3.05, 3.63) is 53.1 Å². The highest BCUT2D eigenvalue weighted by molar-refractivity contribution is 5.42. The van der Waals surface area contributed by atoms with E-state index in [0.29, 0.717) is 17.7 Å². The van der Waals surface area contributed by atoms with E-state index in [1.807, 2.05) is 12.1 Å². The third kappa shape index (κ3) is 3.42. The van der Waals surface area contributed by atoms with Gasteiger partial charge in [0.1, 0.15) is 5.75 Å². The van der Waals surface area contributed by atoms with Crippen molar-refractivity contribution >= 4 is 0 Å². The third-order valence-corrected chi connectivity index (χ3v) is 3.17. The molecule has 106 valence electrons. The van der Waals surface area contributed by atoms with E-state index >= 15 is 0 Å². The molecule has 0 spiro atoms. The van der Waals surface area contributed by atoms with Gasteiger partial charge in [-0.3, -0.25) is 0 Å². The number of aliphatic hydroxyl groups excluding tert-OH is 1. The van der Waals surface area contributed by atoms with Crippen LogP contribution in [0.3, 0.4) is 0 Å². The summed E-state index contributed by atoms with van der Waals surface area (Å²) < 4.78 is 5.00. The molecule has 0 aromatic heterocycles. The largest absolute Gasteiger partial charge is 0.508 e. The van der Waals surface area contributed by atoms with Crippen LogP contribution in [0.1, 0.15) is 16.7 Å². The molecular formula is C16H18O4. The first kappa shape index (κ1) is 14.2. The van der Waals surface area contributed by atoms with Crippen molar-refractivity contribution in [2.24, 2.45) is 0 Å². The van der Waals surface area contributed by atoms with Gasteiger partial charge in [0, 0.05) is 0 Å². The van der Waals surface area contributed by atoms with Crippen LogP contribution in [0, 0.1) is 0 Å². The van der Waals surface area contributed by atoms with Crippen molar-refractivity contribution in [1.82, 2.24) is 0 Å². The summed E-state index contributed by atoms with van der Waals surface area (Å²) in [6.45, 7) is -0.0925. The predicted octanol–water partition coefficient (Wildman–Crippen LogP) is 2.38. The lowest BCUT2D eigenvalue weighted by Crippen LogP contribution is -1.94. The van der Waals surface area contributed by atoms with E-state index in [0.717, 1.165) is 17.5 Å². The number of aliphatic hydroxyl groups is 1. The molecule has 2 aromatic carbocycles. The Morgan fingerprint density at radius 3 is 2.25 bits per heavy atom. The molecule has 0 saturated carbocycles. The van der Waals surface area contributed by atoms with E-state index in [4.69, 9.17) is 9.84 Å². The first-order valence-corrected chi connectivity index (χ1v) is 6.41. The summed E-state index contributed by atoms with van der Waals surface area (Å²) in [5, 5.41) is 28.4. The van der Waals surface area contributed by atoms with Gasteiger partial charge in [0.2, 0.25) is 0 Å². The van der Waals surface area contributed by atoms with Gasteiger partial charge in [0.25, 0.3) is 0 Å². The standard InChI is InChI=1S/C16H18O4/c1-20-16-5-4-11(9-15(16)19)2-3-12-6-13(10-17)8-14(18)7-12/h4-9,17-19H,2-3,10H2,1H3. The molecule has 4 nitrogen and oxygen atoms in total. The highest BCUT2D eigenvalue weighted by Gasteiger charge is 2.04. The molecule has 0 bridgehead atoms. The Morgan fingerprint density at radius 1 is 0.900 bits per heavy atom. The molecule has 0 unspecified atom stereocenters. The number of rotatable bonds is 5. The van der Waals surface area contributed by atoms with Crippen molar-refractivity contribution < 1.29 is 20.1 Å². The summed E-state index contributed by atoms with van der Waals surface area (Å²) in [6.07, 6.45) is 1.44. The highest BCUT2D eigenvalue weighted by atomic mass is 16.5. The summed E-state index contributed by atoms with van der Waals surface area (Å²) in [4.78, 5) is 0. The summed E-state index contributed by atoms with van der Waals surface area (Å²) in [5.74, 6) is 0.731. The molecule has 0 aliphatic heterocycles. The van der Waals surface area contributed by atoms with E-state index in [1.54, 1.807) is 24.3 Å². The smallest absolute Gasteiger partial charge is 0.160 e. The molecule has 20 heavy (non-hydrogen) atoms. The number of aromatic hydroxyl groups is 2. The van der Waals surface area contributed by atoms with Crippen LogP contribution < -0.4 is 4.74 Å². The van der Waals surface area contributed by atoms with E-state index < -0.39 is 0 Å². The van der Waals surface area contributed by atoms with Crippen LogP contribution in [0.2, 0.25) is 0 Å². The Kier molecular flexibility index (Phi) is 4.48.